The second-order valence-corrected chi connectivity index (χ2v) is 6.41. The molecule has 4 nitrogen and oxygen atoms in total. The van der Waals surface area contributed by atoms with E-state index in [0.717, 1.165) is 12.8 Å². The molecule has 3 N–H and O–H groups in total. The Morgan fingerprint density at radius 1 is 0.950 bits per heavy atom. The molecule has 1 amide bonds. The lowest BCUT2D eigenvalue weighted by Crippen LogP contribution is -2.51. The zero-order valence-corrected chi connectivity index (χ0v) is 12.6. The average molecular weight is 282 g/mol. The summed E-state index contributed by atoms with van der Waals surface area (Å²) in [5, 5.41) is 15.9. The third-order valence-corrected chi connectivity index (χ3v) is 4.73. The predicted octanol–water partition coefficient (Wildman–Crippen LogP) is 2.11. The van der Waals surface area contributed by atoms with Crippen molar-refractivity contribution in [1.82, 2.24) is 10.6 Å². The molecule has 1 unspecified atom stereocenters. The Bertz CT molecular complexity index is 284. The van der Waals surface area contributed by atoms with Gasteiger partial charge in [0.2, 0.25) is 5.91 Å². The number of hydrogen-bond acceptors (Lipinski definition) is 3. The number of amides is 1. The van der Waals surface area contributed by atoms with Crippen molar-refractivity contribution in [2.24, 2.45) is 0 Å². The molecular weight excluding hydrogens is 252 g/mol. The van der Waals surface area contributed by atoms with Gasteiger partial charge in [-0.25, -0.2) is 0 Å². The number of aliphatic hydroxyl groups is 1. The van der Waals surface area contributed by atoms with Gasteiger partial charge in [-0.3, -0.25) is 4.79 Å². The lowest BCUT2D eigenvalue weighted by atomic mass is 9.93. The van der Waals surface area contributed by atoms with E-state index >= 15 is 0 Å². The quantitative estimate of drug-likeness (QED) is 0.699. The van der Waals surface area contributed by atoms with Crippen molar-refractivity contribution in [3.8, 4) is 0 Å². The maximum atomic E-state index is 12.4. The molecule has 0 aliphatic heterocycles. The number of rotatable bonds is 6. The first kappa shape index (κ1) is 15.8. The summed E-state index contributed by atoms with van der Waals surface area (Å²) >= 11 is 0. The molecule has 0 aromatic rings. The molecule has 0 saturated heterocycles. The maximum absolute atomic E-state index is 12.4. The van der Waals surface area contributed by atoms with E-state index in [1.54, 1.807) is 0 Å². The standard InChI is InChI=1S/C16H30N2O2/c19-12-11-15(17-13-7-3-1-4-8-13)16(20)18-14-9-5-2-6-10-14/h13-15,17,19H,1-12H2,(H,18,20). The van der Waals surface area contributed by atoms with Gasteiger partial charge in [0.25, 0.3) is 0 Å². The second kappa shape index (κ2) is 8.63. The van der Waals surface area contributed by atoms with Crippen LogP contribution in [0.1, 0.15) is 70.6 Å². The largest absolute Gasteiger partial charge is 0.396 e. The molecule has 20 heavy (non-hydrogen) atoms. The Kier molecular flexibility index (Phi) is 6.80. The summed E-state index contributed by atoms with van der Waals surface area (Å²) < 4.78 is 0. The zero-order chi connectivity index (χ0) is 14.2. The van der Waals surface area contributed by atoms with Crippen molar-refractivity contribution in [3.05, 3.63) is 0 Å². The monoisotopic (exact) mass is 282 g/mol. The van der Waals surface area contributed by atoms with Crippen LogP contribution >= 0.6 is 0 Å². The number of aliphatic hydroxyl groups excluding tert-OH is 1. The van der Waals surface area contributed by atoms with Gasteiger partial charge in [0, 0.05) is 18.7 Å². The van der Waals surface area contributed by atoms with Crippen LogP contribution in [0.5, 0.6) is 0 Å². The van der Waals surface area contributed by atoms with Crippen LogP contribution in [0, 0.1) is 0 Å². The molecule has 0 aromatic carbocycles. The molecule has 0 heterocycles. The van der Waals surface area contributed by atoms with Crippen LogP contribution in [-0.2, 0) is 4.79 Å². The topological polar surface area (TPSA) is 61.4 Å². The van der Waals surface area contributed by atoms with E-state index in [4.69, 9.17) is 0 Å². The van der Waals surface area contributed by atoms with Crippen LogP contribution in [0.3, 0.4) is 0 Å². The van der Waals surface area contributed by atoms with E-state index in [1.807, 2.05) is 0 Å². The van der Waals surface area contributed by atoms with Crippen molar-refractivity contribution in [2.45, 2.75) is 88.8 Å². The van der Waals surface area contributed by atoms with Crippen LogP contribution in [0.2, 0.25) is 0 Å². The minimum Gasteiger partial charge on any atom is -0.396 e. The van der Waals surface area contributed by atoms with Gasteiger partial charge in [0.05, 0.1) is 6.04 Å². The van der Waals surface area contributed by atoms with Gasteiger partial charge in [0.1, 0.15) is 0 Å². The summed E-state index contributed by atoms with van der Waals surface area (Å²) in [6.07, 6.45) is 12.7. The first-order valence-electron chi connectivity index (χ1n) is 8.47. The SMILES string of the molecule is O=C(NC1CCCCC1)C(CCO)NC1CCCCC1. The molecule has 2 aliphatic rings. The highest BCUT2D eigenvalue weighted by Gasteiger charge is 2.25. The molecule has 0 bridgehead atoms. The summed E-state index contributed by atoms with van der Waals surface area (Å²) in [4.78, 5) is 12.4. The average Bonchev–Trinajstić information content (AvgIpc) is 2.49. The van der Waals surface area contributed by atoms with Gasteiger partial charge >= 0.3 is 0 Å². The molecule has 0 spiro atoms. The highest BCUT2D eigenvalue weighted by molar-refractivity contribution is 5.82. The molecule has 2 aliphatic carbocycles. The molecule has 1 atom stereocenters. The van der Waals surface area contributed by atoms with E-state index in [1.165, 1.54) is 51.4 Å². The summed E-state index contributed by atoms with van der Waals surface area (Å²) in [5.41, 5.74) is 0. The lowest BCUT2D eigenvalue weighted by Gasteiger charge is -2.30. The van der Waals surface area contributed by atoms with Crippen molar-refractivity contribution >= 4 is 5.91 Å². The number of nitrogens with one attached hydrogen (secondary N) is 2. The summed E-state index contributed by atoms with van der Waals surface area (Å²) in [6, 6.07) is 0.591. The van der Waals surface area contributed by atoms with Gasteiger partial charge < -0.3 is 15.7 Å². The normalized spacial score (nSPS) is 23.4. The maximum Gasteiger partial charge on any atom is 0.237 e. The van der Waals surface area contributed by atoms with E-state index in [9.17, 15) is 9.90 Å². The number of hydrogen-bond donors (Lipinski definition) is 3. The number of carbonyl (C=O) groups excluding carboxylic acids is 1. The fourth-order valence-corrected chi connectivity index (χ4v) is 3.52. The molecule has 0 aromatic heterocycles. The predicted molar refractivity (Wildman–Crippen MR) is 80.5 cm³/mol. The first-order valence-corrected chi connectivity index (χ1v) is 8.47. The Balaban J connectivity index is 1.80. The minimum atomic E-state index is -0.218. The van der Waals surface area contributed by atoms with Gasteiger partial charge in [-0.2, -0.15) is 0 Å². The Morgan fingerprint density at radius 2 is 1.50 bits per heavy atom. The van der Waals surface area contributed by atoms with Gasteiger partial charge in [-0.1, -0.05) is 38.5 Å². The highest BCUT2D eigenvalue weighted by Crippen LogP contribution is 2.19. The summed E-state index contributed by atoms with van der Waals surface area (Å²) in [6.45, 7) is 0.0719. The third kappa shape index (κ3) is 5.06. The number of carbonyl (C=O) groups is 1. The third-order valence-electron chi connectivity index (χ3n) is 4.73. The van der Waals surface area contributed by atoms with Gasteiger partial charge in [-0.15, -0.1) is 0 Å². The van der Waals surface area contributed by atoms with Crippen molar-refractivity contribution in [2.75, 3.05) is 6.61 Å². The van der Waals surface area contributed by atoms with Gasteiger partial charge in [-0.05, 0) is 32.1 Å². The minimum absolute atomic E-state index is 0.0719. The molecular formula is C16H30N2O2. The van der Waals surface area contributed by atoms with Crippen LogP contribution in [0.4, 0.5) is 0 Å². The van der Waals surface area contributed by atoms with Crippen LogP contribution in [-0.4, -0.2) is 35.7 Å². The fraction of sp³-hybridized carbons (Fsp3) is 0.938. The van der Waals surface area contributed by atoms with Gasteiger partial charge in [0.15, 0.2) is 0 Å². The van der Waals surface area contributed by atoms with E-state index in [-0.39, 0.29) is 18.6 Å². The van der Waals surface area contributed by atoms with Crippen LogP contribution < -0.4 is 10.6 Å². The van der Waals surface area contributed by atoms with Crippen LogP contribution in [0.15, 0.2) is 0 Å². The molecule has 2 rings (SSSR count). The highest BCUT2D eigenvalue weighted by atomic mass is 16.3. The molecule has 2 fully saturated rings. The van der Waals surface area contributed by atoms with E-state index in [2.05, 4.69) is 10.6 Å². The summed E-state index contributed by atoms with van der Waals surface area (Å²) in [5.74, 6) is 0.0940. The van der Waals surface area contributed by atoms with E-state index < -0.39 is 0 Å². The van der Waals surface area contributed by atoms with Crippen molar-refractivity contribution < 1.29 is 9.90 Å². The Morgan fingerprint density at radius 3 is 2.05 bits per heavy atom. The van der Waals surface area contributed by atoms with Crippen molar-refractivity contribution in [1.29, 1.82) is 0 Å². The Hall–Kier alpha value is -0.610. The molecule has 116 valence electrons. The van der Waals surface area contributed by atoms with Crippen molar-refractivity contribution in [3.63, 3.8) is 0 Å². The smallest absolute Gasteiger partial charge is 0.237 e. The first-order chi connectivity index (χ1) is 9.79. The molecule has 4 heteroatoms. The zero-order valence-electron chi connectivity index (χ0n) is 12.6. The van der Waals surface area contributed by atoms with E-state index in [0.29, 0.717) is 18.5 Å². The Labute approximate surface area is 122 Å². The fourth-order valence-electron chi connectivity index (χ4n) is 3.52. The summed E-state index contributed by atoms with van der Waals surface area (Å²) in [7, 11) is 0. The van der Waals surface area contributed by atoms with Crippen LogP contribution in [0.25, 0.3) is 0 Å². The lowest BCUT2D eigenvalue weighted by molar-refractivity contribution is -0.124. The molecule has 0 radical (unpaired) electrons. The molecule has 2 saturated carbocycles. The second-order valence-electron chi connectivity index (χ2n) is 6.41.